The highest BCUT2D eigenvalue weighted by atomic mass is 32.9. The van der Waals surface area contributed by atoms with E-state index in [1.54, 1.807) is 0 Å². The number of aromatic amines is 1. The van der Waals surface area contributed by atoms with Crippen LogP contribution in [-0.4, -0.2) is 44.6 Å². The lowest BCUT2D eigenvalue weighted by Crippen LogP contribution is -2.33. The van der Waals surface area contributed by atoms with Crippen molar-refractivity contribution in [2.24, 2.45) is 0 Å². The second kappa shape index (κ2) is 9.55. The fourth-order valence-electron chi connectivity index (χ4n) is 2.47. The molecule has 1 fully saturated rings. The summed E-state index contributed by atoms with van der Waals surface area (Å²) in [5.41, 5.74) is -5.07. The molecule has 2 rings (SSSR count). The minimum Gasteiger partial charge on any atom is -0.352 e. The Morgan fingerprint density at radius 3 is 2.55 bits per heavy atom. The molecule has 1 saturated heterocycles. The Labute approximate surface area is 184 Å². The van der Waals surface area contributed by atoms with E-state index in [1.165, 1.54) is 13.1 Å². The molecule has 0 spiro atoms. The molecule has 0 saturated carbocycles. The molecule has 3 unspecified atom stereocenters. The van der Waals surface area contributed by atoms with Gasteiger partial charge in [0.2, 0.25) is 0 Å². The first-order valence-corrected chi connectivity index (χ1v) is 15.2. The summed E-state index contributed by atoms with van der Waals surface area (Å²) in [7, 11) is -11.5. The second-order valence-electron chi connectivity index (χ2n) is 6.35. The van der Waals surface area contributed by atoms with Crippen LogP contribution < -0.4 is 11.2 Å². The zero-order valence-corrected chi connectivity index (χ0v) is 20.3. The van der Waals surface area contributed by atoms with E-state index >= 15 is 0 Å². The maximum Gasteiger partial charge on any atom is 0.444 e. The minimum atomic E-state index is -6.14. The molecule has 178 valence electrons. The molecule has 0 bridgehead atoms. The molecule has 0 radical (unpaired) electrons. The lowest BCUT2D eigenvalue weighted by Gasteiger charge is -2.27. The summed E-state index contributed by atoms with van der Waals surface area (Å²) in [5, 5.41) is -5.18. The van der Waals surface area contributed by atoms with Gasteiger partial charge in [-0.3, -0.25) is 23.5 Å². The van der Waals surface area contributed by atoms with Gasteiger partial charge < -0.3 is 23.6 Å². The monoisotopic (exact) mass is 546 g/mol. The van der Waals surface area contributed by atoms with Crippen molar-refractivity contribution in [1.82, 2.24) is 9.55 Å². The number of rotatable bonds is 9. The van der Waals surface area contributed by atoms with Gasteiger partial charge in [-0.25, -0.2) is 9.11 Å². The Balaban J connectivity index is 2.03. The molecule has 5 atom stereocenters. The molecule has 31 heavy (non-hydrogen) atoms. The Bertz CT molecular complexity index is 1100. The Kier molecular flexibility index (Phi) is 8.32. The average Bonchev–Trinajstić information content (AvgIpc) is 3.11. The third-order valence-corrected chi connectivity index (χ3v) is 11.6. The quantitative estimate of drug-likeness (QED) is 0.265. The molecule has 3 N–H and O–H groups in total. The van der Waals surface area contributed by atoms with Gasteiger partial charge in [0, 0.05) is 18.9 Å². The minimum absolute atomic E-state index is 0.277. The van der Waals surface area contributed by atoms with Crippen molar-refractivity contribution in [3.05, 3.63) is 32.6 Å². The van der Waals surface area contributed by atoms with Gasteiger partial charge in [-0.05, 0) is 31.6 Å². The van der Waals surface area contributed by atoms with Crippen LogP contribution in [0.4, 0.5) is 8.78 Å². The summed E-state index contributed by atoms with van der Waals surface area (Å²) >= 11 is 8.43. The number of nitrogens with zero attached hydrogens (tertiary/aromatic N) is 1. The van der Waals surface area contributed by atoms with E-state index in [4.69, 9.17) is 26.0 Å². The predicted octanol–water partition coefficient (Wildman–Crippen LogP) is 2.28. The largest absolute Gasteiger partial charge is 0.444 e. The van der Waals surface area contributed by atoms with Crippen molar-refractivity contribution < 1.29 is 45.8 Å². The molecule has 1 aromatic heterocycles. The lowest BCUT2D eigenvalue weighted by atomic mass is 10.2. The molecular weight excluding hydrogens is 527 g/mol. The molecular formula is C12H19F2N2O10P3S2. The van der Waals surface area contributed by atoms with E-state index in [0.717, 1.165) is 4.57 Å². The molecule has 1 aromatic rings. The number of H-pyrrole nitrogens is 1. The van der Waals surface area contributed by atoms with Gasteiger partial charge in [0.25, 0.3) is 11.3 Å². The first-order chi connectivity index (χ1) is 14.0. The smallest absolute Gasteiger partial charge is 0.352 e. The SMILES string of the molecule is COP(=O)(O)C(F)(F)P(=O)(O)OP(=S)(S)OC[C@@H]1CC[C@H](n2cc(C)c(=O)[nH]c2=O)O1. The number of aromatic nitrogens is 2. The van der Waals surface area contributed by atoms with E-state index in [1.807, 2.05) is 0 Å². The molecule has 19 heteroatoms. The summed E-state index contributed by atoms with van der Waals surface area (Å²) in [4.78, 5) is 44.1. The second-order valence-corrected chi connectivity index (χ2v) is 16.0. The van der Waals surface area contributed by atoms with Crippen LogP contribution in [-0.2, 0) is 39.0 Å². The molecule has 1 aliphatic heterocycles. The molecule has 0 amide bonds. The number of hydrogen-bond acceptors (Lipinski definition) is 9. The van der Waals surface area contributed by atoms with Crippen molar-refractivity contribution in [2.45, 2.75) is 37.5 Å². The number of thiol groups is 1. The lowest BCUT2D eigenvalue weighted by molar-refractivity contribution is -0.0194. The van der Waals surface area contributed by atoms with Crippen molar-refractivity contribution in [3.8, 4) is 0 Å². The standard InChI is InChI=1S/C12H19F2N2O10P3S2/c1-7-5-16(11(18)15-10(7)17)9-4-3-8(25-9)6-24-29(30,31)26-28(21,22)12(13,14)27(19,20)23-2/h5,8-9H,3-4,6H2,1-2H3,(H,19,20)(H,21,22)(H,30,31)(H,15,17,18)/t8-,9+/m0/s1. The van der Waals surface area contributed by atoms with Crippen LogP contribution in [0.25, 0.3) is 0 Å². The Morgan fingerprint density at radius 1 is 1.35 bits per heavy atom. The summed E-state index contributed by atoms with van der Waals surface area (Å²) < 4.78 is 70.9. The number of ether oxygens (including phenoxy) is 1. The number of aryl methyl sites for hydroxylation is 1. The van der Waals surface area contributed by atoms with Crippen LogP contribution in [0.1, 0.15) is 24.6 Å². The molecule has 12 nitrogen and oxygen atoms in total. The first kappa shape index (κ1) is 27.0. The zero-order valence-electron chi connectivity index (χ0n) is 15.9. The first-order valence-electron chi connectivity index (χ1n) is 8.28. The Morgan fingerprint density at radius 2 is 1.97 bits per heavy atom. The van der Waals surface area contributed by atoms with Crippen LogP contribution in [0, 0.1) is 6.92 Å². The van der Waals surface area contributed by atoms with Gasteiger partial charge in [-0.2, -0.15) is 8.78 Å². The molecule has 1 aliphatic rings. The summed E-state index contributed by atoms with van der Waals surface area (Å²) in [6, 6.07) is 0. The van der Waals surface area contributed by atoms with E-state index < -0.39 is 56.5 Å². The van der Waals surface area contributed by atoms with Crippen molar-refractivity contribution in [1.29, 1.82) is 0 Å². The highest BCUT2D eigenvalue weighted by Gasteiger charge is 2.67. The molecule has 0 aliphatic carbocycles. The third-order valence-electron chi connectivity index (χ3n) is 4.11. The predicted molar refractivity (Wildman–Crippen MR) is 111 cm³/mol. The average molecular weight is 546 g/mol. The summed E-state index contributed by atoms with van der Waals surface area (Å²) in [5.74, 6) is 0. The number of halogens is 2. The van der Waals surface area contributed by atoms with Gasteiger partial charge in [-0.1, -0.05) is 12.2 Å². The van der Waals surface area contributed by atoms with Crippen molar-refractivity contribution in [3.63, 3.8) is 0 Å². The molecule has 0 aromatic carbocycles. The fraction of sp³-hybridized carbons (Fsp3) is 0.667. The van der Waals surface area contributed by atoms with Crippen LogP contribution >= 0.6 is 33.1 Å². The van der Waals surface area contributed by atoms with Crippen molar-refractivity contribution in [2.75, 3.05) is 13.7 Å². The maximum absolute atomic E-state index is 13.9. The van der Waals surface area contributed by atoms with Crippen molar-refractivity contribution >= 4 is 44.9 Å². The number of hydrogen-bond donors (Lipinski definition) is 4. The highest BCUT2D eigenvalue weighted by Crippen LogP contribution is 2.80. The normalized spacial score (nSPS) is 25.5. The van der Waals surface area contributed by atoms with E-state index in [9.17, 15) is 32.4 Å². The van der Waals surface area contributed by atoms with E-state index in [2.05, 4.69) is 26.1 Å². The van der Waals surface area contributed by atoms with Gasteiger partial charge in [0.1, 0.15) is 6.23 Å². The fourth-order valence-corrected chi connectivity index (χ4v) is 8.69. The van der Waals surface area contributed by atoms with Crippen LogP contribution in [0.3, 0.4) is 0 Å². The summed E-state index contributed by atoms with van der Waals surface area (Å²) in [6.45, 7) is 1.09. The third kappa shape index (κ3) is 6.01. The van der Waals surface area contributed by atoms with Gasteiger partial charge in [0.15, 0.2) is 0 Å². The van der Waals surface area contributed by atoms with Gasteiger partial charge >= 0.3 is 26.3 Å². The number of alkyl halides is 2. The maximum atomic E-state index is 13.9. The Hall–Kier alpha value is -0.240. The van der Waals surface area contributed by atoms with E-state index in [0.29, 0.717) is 20.0 Å². The van der Waals surface area contributed by atoms with E-state index in [-0.39, 0.29) is 5.56 Å². The topological polar surface area (TPSA) is 166 Å². The van der Waals surface area contributed by atoms with Gasteiger partial charge in [-0.15, -0.1) is 0 Å². The summed E-state index contributed by atoms with van der Waals surface area (Å²) in [6.07, 6.45) is 0.484. The highest BCUT2D eigenvalue weighted by molar-refractivity contribution is 8.60. The van der Waals surface area contributed by atoms with Crippen LogP contribution in [0.15, 0.2) is 15.8 Å². The van der Waals surface area contributed by atoms with Crippen LogP contribution in [0.2, 0.25) is 0 Å². The molecule has 2 heterocycles. The van der Waals surface area contributed by atoms with Crippen LogP contribution in [0.5, 0.6) is 0 Å². The van der Waals surface area contributed by atoms with Gasteiger partial charge in [0.05, 0.1) is 12.7 Å². The zero-order chi connectivity index (χ0) is 23.8. The number of nitrogens with one attached hydrogen (secondary N) is 1.